The highest BCUT2D eigenvalue weighted by Crippen LogP contribution is 2.22. The number of benzene rings is 2. The molecule has 0 aliphatic heterocycles. The molecule has 1 saturated carbocycles. The molecule has 4 heteroatoms. The first-order chi connectivity index (χ1) is 9.11. The molecule has 1 aliphatic rings. The molecule has 2 aromatic rings. The van der Waals surface area contributed by atoms with Gasteiger partial charge in [-0.15, -0.1) is 0 Å². The van der Waals surface area contributed by atoms with Crippen LogP contribution in [0.2, 0.25) is 0 Å². The van der Waals surface area contributed by atoms with E-state index in [-0.39, 0.29) is 18.1 Å². The van der Waals surface area contributed by atoms with E-state index in [1.54, 1.807) is 0 Å². The minimum absolute atomic E-state index is 0.0679. The summed E-state index contributed by atoms with van der Waals surface area (Å²) in [5, 5.41) is 14.3. The number of hydrogen-bond acceptors (Lipinski definition) is 2. The van der Waals surface area contributed by atoms with Crippen molar-refractivity contribution in [3.8, 4) is 0 Å². The van der Waals surface area contributed by atoms with Gasteiger partial charge in [0.15, 0.2) is 0 Å². The van der Waals surface area contributed by atoms with Crippen LogP contribution in [-0.2, 0) is 0 Å². The molecule has 0 unspecified atom stereocenters. The Morgan fingerprint density at radius 1 is 1.16 bits per heavy atom. The lowest BCUT2D eigenvalue weighted by atomic mass is 9.89. The summed E-state index contributed by atoms with van der Waals surface area (Å²) >= 11 is 3.43. The molecular formula is C15H14BrNO2. The Morgan fingerprint density at radius 3 is 2.58 bits per heavy atom. The third kappa shape index (κ3) is 2.65. The van der Waals surface area contributed by atoms with Crippen molar-refractivity contribution in [3.05, 3.63) is 46.4 Å². The lowest BCUT2D eigenvalue weighted by Crippen LogP contribution is -2.46. The summed E-state index contributed by atoms with van der Waals surface area (Å²) in [6.07, 6.45) is 1.07. The van der Waals surface area contributed by atoms with Crippen molar-refractivity contribution in [1.82, 2.24) is 5.32 Å². The van der Waals surface area contributed by atoms with Gasteiger partial charge in [-0.05, 0) is 47.9 Å². The Labute approximate surface area is 119 Å². The third-order valence-electron chi connectivity index (χ3n) is 3.51. The highest BCUT2D eigenvalue weighted by Gasteiger charge is 2.28. The van der Waals surface area contributed by atoms with Crippen molar-refractivity contribution in [2.45, 2.75) is 25.0 Å². The number of aliphatic hydroxyl groups is 1. The number of carbonyl (C=O) groups excluding carboxylic acids is 1. The molecule has 0 spiro atoms. The number of nitrogens with one attached hydrogen (secondary N) is 1. The molecular weight excluding hydrogens is 306 g/mol. The molecule has 98 valence electrons. The predicted molar refractivity (Wildman–Crippen MR) is 78.1 cm³/mol. The van der Waals surface area contributed by atoms with E-state index >= 15 is 0 Å². The van der Waals surface area contributed by atoms with E-state index in [9.17, 15) is 9.90 Å². The SMILES string of the molecule is O=C(NC1CC(O)C1)c1ccc2cc(Br)ccc2c1. The lowest BCUT2D eigenvalue weighted by molar-refractivity contribution is 0.0563. The van der Waals surface area contributed by atoms with E-state index < -0.39 is 0 Å². The van der Waals surface area contributed by atoms with Gasteiger partial charge in [0, 0.05) is 16.1 Å². The molecule has 19 heavy (non-hydrogen) atoms. The first-order valence-corrected chi connectivity index (χ1v) is 7.09. The zero-order valence-corrected chi connectivity index (χ0v) is 11.9. The van der Waals surface area contributed by atoms with Crippen LogP contribution in [0.5, 0.6) is 0 Å². The van der Waals surface area contributed by atoms with E-state index in [1.807, 2.05) is 36.4 Å². The van der Waals surface area contributed by atoms with Crippen LogP contribution in [0, 0.1) is 0 Å². The first kappa shape index (κ1) is 12.6. The number of aliphatic hydroxyl groups excluding tert-OH is 1. The molecule has 3 rings (SSSR count). The van der Waals surface area contributed by atoms with Gasteiger partial charge in [-0.1, -0.05) is 28.1 Å². The maximum Gasteiger partial charge on any atom is 0.251 e. The fourth-order valence-electron chi connectivity index (χ4n) is 2.33. The Morgan fingerprint density at radius 2 is 1.84 bits per heavy atom. The first-order valence-electron chi connectivity index (χ1n) is 6.30. The van der Waals surface area contributed by atoms with Crippen molar-refractivity contribution in [2.75, 3.05) is 0 Å². The number of hydrogen-bond donors (Lipinski definition) is 2. The average Bonchev–Trinajstić information content (AvgIpc) is 2.36. The van der Waals surface area contributed by atoms with Crippen LogP contribution in [-0.4, -0.2) is 23.2 Å². The maximum atomic E-state index is 12.1. The van der Waals surface area contributed by atoms with Gasteiger partial charge in [-0.2, -0.15) is 0 Å². The van der Waals surface area contributed by atoms with Gasteiger partial charge in [0.25, 0.3) is 5.91 Å². The van der Waals surface area contributed by atoms with Crippen LogP contribution in [0.4, 0.5) is 0 Å². The topological polar surface area (TPSA) is 49.3 Å². The monoisotopic (exact) mass is 319 g/mol. The van der Waals surface area contributed by atoms with Crippen LogP contribution in [0.3, 0.4) is 0 Å². The summed E-state index contributed by atoms with van der Waals surface area (Å²) in [6.45, 7) is 0. The second kappa shape index (κ2) is 4.94. The van der Waals surface area contributed by atoms with Crippen LogP contribution in [0.1, 0.15) is 23.2 Å². The number of halogens is 1. The predicted octanol–water partition coefficient (Wildman–Crippen LogP) is 2.86. The second-order valence-corrected chi connectivity index (χ2v) is 5.92. The van der Waals surface area contributed by atoms with Crippen molar-refractivity contribution < 1.29 is 9.90 Å². The van der Waals surface area contributed by atoms with E-state index in [1.165, 1.54) is 0 Å². The minimum atomic E-state index is -0.251. The van der Waals surface area contributed by atoms with Gasteiger partial charge in [0.05, 0.1) is 6.10 Å². The molecule has 1 amide bonds. The normalized spacial score (nSPS) is 22.0. The van der Waals surface area contributed by atoms with Crippen LogP contribution in [0.25, 0.3) is 10.8 Å². The fourth-order valence-corrected chi connectivity index (χ4v) is 2.71. The molecule has 0 bridgehead atoms. The Bertz CT molecular complexity index is 635. The average molecular weight is 320 g/mol. The summed E-state index contributed by atoms with van der Waals surface area (Å²) in [7, 11) is 0. The largest absolute Gasteiger partial charge is 0.393 e. The molecule has 0 radical (unpaired) electrons. The summed E-state index contributed by atoms with van der Waals surface area (Å²) in [6, 6.07) is 11.8. The van der Waals surface area contributed by atoms with Crippen molar-refractivity contribution >= 4 is 32.6 Å². The fraction of sp³-hybridized carbons (Fsp3) is 0.267. The van der Waals surface area contributed by atoms with Gasteiger partial charge >= 0.3 is 0 Å². The van der Waals surface area contributed by atoms with Gasteiger partial charge in [0.2, 0.25) is 0 Å². The molecule has 0 atom stereocenters. The molecule has 0 saturated heterocycles. The van der Waals surface area contributed by atoms with Gasteiger partial charge in [-0.25, -0.2) is 0 Å². The lowest BCUT2D eigenvalue weighted by Gasteiger charge is -2.31. The smallest absolute Gasteiger partial charge is 0.251 e. The van der Waals surface area contributed by atoms with Gasteiger partial charge < -0.3 is 10.4 Å². The quantitative estimate of drug-likeness (QED) is 0.894. The molecule has 1 aliphatic carbocycles. The Hall–Kier alpha value is -1.39. The van der Waals surface area contributed by atoms with Gasteiger partial charge in [0.1, 0.15) is 0 Å². The third-order valence-corrected chi connectivity index (χ3v) is 4.01. The van der Waals surface area contributed by atoms with Gasteiger partial charge in [-0.3, -0.25) is 4.79 Å². The molecule has 3 nitrogen and oxygen atoms in total. The van der Waals surface area contributed by atoms with E-state index in [4.69, 9.17) is 0 Å². The van der Waals surface area contributed by atoms with E-state index in [0.717, 1.165) is 15.2 Å². The molecule has 0 aromatic heterocycles. The van der Waals surface area contributed by atoms with E-state index in [0.29, 0.717) is 18.4 Å². The summed E-state index contributed by atoms with van der Waals surface area (Å²) < 4.78 is 1.03. The van der Waals surface area contributed by atoms with Crippen molar-refractivity contribution in [3.63, 3.8) is 0 Å². The standard InChI is InChI=1S/C15H14BrNO2/c16-12-4-3-9-5-11(2-1-10(9)6-12)15(19)17-13-7-14(18)8-13/h1-6,13-14,18H,7-8H2,(H,17,19). The zero-order valence-electron chi connectivity index (χ0n) is 10.3. The Balaban J connectivity index is 1.80. The highest BCUT2D eigenvalue weighted by molar-refractivity contribution is 9.10. The summed E-state index contributed by atoms with van der Waals surface area (Å²) in [5.41, 5.74) is 0.663. The van der Waals surface area contributed by atoms with Crippen molar-refractivity contribution in [1.29, 1.82) is 0 Å². The van der Waals surface area contributed by atoms with E-state index in [2.05, 4.69) is 21.2 Å². The Kier molecular flexibility index (Phi) is 3.29. The number of amides is 1. The maximum absolute atomic E-state index is 12.1. The minimum Gasteiger partial charge on any atom is -0.393 e. The number of rotatable bonds is 2. The van der Waals surface area contributed by atoms with Crippen LogP contribution >= 0.6 is 15.9 Å². The van der Waals surface area contributed by atoms with Crippen LogP contribution < -0.4 is 5.32 Å². The molecule has 2 aromatic carbocycles. The molecule has 2 N–H and O–H groups in total. The highest BCUT2D eigenvalue weighted by atomic mass is 79.9. The number of fused-ring (bicyclic) bond motifs is 1. The summed E-state index contributed by atoms with van der Waals surface area (Å²) in [4.78, 5) is 12.1. The summed E-state index contributed by atoms with van der Waals surface area (Å²) in [5.74, 6) is -0.0679. The number of carbonyl (C=O) groups is 1. The van der Waals surface area contributed by atoms with Crippen LogP contribution in [0.15, 0.2) is 40.9 Å². The molecule has 0 heterocycles. The van der Waals surface area contributed by atoms with Crippen molar-refractivity contribution in [2.24, 2.45) is 0 Å². The molecule has 1 fully saturated rings. The second-order valence-electron chi connectivity index (χ2n) is 5.00. The zero-order chi connectivity index (χ0) is 13.4.